The summed E-state index contributed by atoms with van der Waals surface area (Å²) in [6.45, 7) is -0.305. The topological polar surface area (TPSA) is 75.7 Å². The number of carbonyl (C=O) groups is 3. The Morgan fingerprint density at radius 1 is 1.15 bits per heavy atom. The molecular formula is C19H16ClFN2O4. The highest BCUT2D eigenvalue weighted by Crippen LogP contribution is 2.27. The minimum absolute atomic E-state index is 0.0149. The quantitative estimate of drug-likeness (QED) is 0.796. The number of rotatable bonds is 5. The Balaban J connectivity index is 1.51. The normalized spacial score (nSPS) is 16.3. The van der Waals surface area contributed by atoms with Gasteiger partial charge >= 0.3 is 5.97 Å². The van der Waals surface area contributed by atoms with Gasteiger partial charge in [0.15, 0.2) is 6.61 Å². The predicted octanol–water partition coefficient (Wildman–Crippen LogP) is 3.01. The van der Waals surface area contributed by atoms with E-state index in [2.05, 4.69) is 5.32 Å². The van der Waals surface area contributed by atoms with E-state index in [1.807, 2.05) is 0 Å². The molecule has 6 nitrogen and oxygen atoms in total. The number of ether oxygens (including phenoxy) is 1. The van der Waals surface area contributed by atoms with Crippen molar-refractivity contribution < 1.29 is 23.5 Å². The molecule has 0 spiro atoms. The van der Waals surface area contributed by atoms with Crippen molar-refractivity contribution in [2.24, 2.45) is 5.92 Å². The Bertz CT molecular complexity index is 855. The number of halogens is 2. The van der Waals surface area contributed by atoms with Crippen molar-refractivity contribution in [1.82, 2.24) is 0 Å². The summed E-state index contributed by atoms with van der Waals surface area (Å²) < 4.78 is 17.8. The largest absolute Gasteiger partial charge is 0.455 e. The zero-order valence-corrected chi connectivity index (χ0v) is 14.9. The van der Waals surface area contributed by atoms with Crippen LogP contribution < -0.4 is 10.2 Å². The van der Waals surface area contributed by atoms with Crippen molar-refractivity contribution in [3.05, 3.63) is 59.4 Å². The molecule has 1 fully saturated rings. The van der Waals surface area contributed by atoms with Crippen molar-refractivity contribution in [1.29, 1.82) is 0 Å². The van der Waals surface area contributed by atoms with Crippen LogP contribution in [0.2, 0.25) is 5.02 Å². The van der Waals surface area contributed by atoms with Crippen molar-refractivity contribution in [2.75, 3.05) is 23.4 Å². The molecule has 3 rings (SSSR count). The molecule has 2 amide bonds. The zero-order valence-electron chi connectivity index (χ0n) is 14.2. The van der Waals surface area contributed by atoms with Gasteiger partial charge in [-0.1, -0.05) is 11.6 Å². The molecule has 1 atom stereocenters. The summed E-state index contributed by atoms with van der Waals surface area (Å²) in [6.07, 6.45) is 0.0149. The number of benzene rings is 2. The maximum atomic E-state index is 12.8. The fourth-order valence-corrected chi connectivity index (χ4v) is 2.85. The summed E-state index contributed by atoms with van der Waals surface area (Å²) in [5, 5.41) is 3.04. The molecule has 1 N–H and O–H groups in total. The number of carbonyl (C=O) groups excluding carboxylic acids is 3. The monoisotopic (exact) mass is 390 g/mol. The van der Waals surface area contributed by atoms with Crippen LogP contribution in [-0.4, -0.2) is 30.9 Å². The first-order chi connectivity index (χ1) is 12.9. The lowest BCUT2D eigenvalue weighted by Gasteiger charge is -2.16. The summed E-state index contributed by atoms with van der Waals surface area (Å²) in [4.78, 5) is 37.6. The summed E-state index contributed by atoms with van der Waals surface area (Å²) in [6, 6.07) is 11.9. The number of hydrogen-bond donors (Lipinski definition) is 1. The van der Waals surface area contributed by atoms with Gasteiger partial charge < -0.3 is 15.0 Å². The van der Waals surface area contributed by atoms with Crippen LogP contribution in [-0.2, 0) is 19.1 Å². The van der Waals surface area contributed by atoms with E-state index in [4.69, 9.17) is 16.3 Å². The van der Waals surface area contributed by atoms with Gasteiger partial charge in [-0.15, -0.1) is 0 Å². The van der Waals surface area contributed by atoms with E-state index in [1.165, 1.54) is 29.2 Å². The number of esters is 1. The third kappa shape index (κ3) is 4.83. The van der Waals surface area contributed by atoms with Gasteiger partial charge in [0.1, 0.15) is 5.82 Å². The number of amides is 2. The van der Waals surface area contributed by atoms with Crippen LogP contribution in [0.4, 0.5) is 15.8 Å². The molecule has 27 heavy (non-hydrogen) atoms. The van der Waals surface area contributed by atoms with Crippen molar-refractivity contribution >= 4 is 40.8 Å². The van der Waals surface area contributed by atoms with Gasteiger partial charge in [0.2, 0.25) is 5.91 Å². The van der Waals surface area contributed by atoms with E-state index >= 15 is 0 Å². The highest BCUT2D eigenvalue weighted by Gasteiger charge is 2.36. The zero-order chi connectivity index (χ0) is 19.4. The highest BCUT2D eigenvalue weighted by molar-refractivity contribution is 6.30. The summed E-state index contributed by atoms with van der Waals surface area (Å²) >= 11 is 5.84. The van der Waals surface area contributed by atoms with E-state index in [1.54, 1.807) is 24.3 Å². The molecule has 0 aromatic heterocycles. The lowest BCUT2D eigenvalue weighted by Crippen LogP contribution is -2.28. The van der Waals surface area contributed by atoms with Crippen molar-refractivity contribution in [3.8, 4) is 0 Å². The van der Waals surface area contributed by atoms with Crippen LogP contribution in [0.3, 0.4) is 0 Å². The third-order valence-corrected chi connectivity index (χ3v) is 4.32. The fraction of sp³-hybridized carbons (Fsp3) is 0.211. The predicted molar refractivity (Wildman–Crippen MR) is 97.9 cm³/mol. The molecular weight excluding hydrogens is 375 g/mol. The Labute approximate surface area is 159 Å². The standard InChI is InChI=1S/C19H16ClFN2O4/c20-13-1-7-16(8-2-13)23-10-12(9-18(23)25)19(26)27-11-17(24)22-15-5-3-14(21)4-6-15/h1-8,12H,9-11H2,(H,22,24)/t12-/m1/s1. The molecule has 8 heteroatoms. The number of nitrogens with zero attached hydrogens (tertiary/aromatic N) is 1. The van der Waals surface area contributed by atoms with E-state index < -0.39 is 30.2 Å². The smallest absolute Gasteiger partial charge is 0.311 e. The van der Waals surface area contributed by atoms with Crippen LogP contribution in [0.15, 0.2) is 48.5 Å². The average molecular weight is 391 g/mol. The van der Waals surface area contributed by atoms with Crippen molar-refractivity contribution in [3.63, 3.8) is 0 Å². The molecule has 0 bridgehead atoms. The first-order valence-corrected chi connectivity index (χ1v) is 8.58. The maximum absolute atomic E-state index is 12.8. The van der Waals surface area contributed by atoms with Crippen LogP contribution in [0.5, 0.6) is 0 Å². The molecule has 1 heterocycles. The lowest BCUT2D eigenvalue weighted by atomic mass is 10.1. The third-order valence-electron chi connectivity index (χ3n) is 4.07. The van der Waals surface area contributed by atoms with Gasteiger partial charge in [0.25, 0.3) is 5.91 Å². The van der Waals surface area contributed by atoms with Crippen molar-refractivity contribution in [2.45, 2.75) is 6.42 Å². The summed E-state index contributed by atoms with van der Waals surface area (Å²) in [5.74, 6) is -2.43. The van der Waals surface area contributed by atoms with E-state index in [0.29, 0.717) is 16.4 Å². The minimum atomic E-state index is -0.646. The molecule has 0 radical (unpaired) electrons. The van der Waals surface area contributed by atoms with Crippen LogP contribution in [0.25, 0.3) is 0 Å². The van der Waals surface area contributed by atoms with E-state index in [-0.39, 0.29) is 18.9 Å². The Morgan fingerprint density at radius 2 is 1.81 bits per heavy atom. The van der Waals surface area contributed by atoms with Crippen LogP contribution >= 0.6 is 11.6 Å². The van der Waals surface area contributed by atoms with Gasteiger partial charge in [0, 0.05) is 29.4 Å². The Morgan fingerprint density at radius 3 is 2.48 bits per heavy atom. The molecule has 1 aliphatic heterocycles. The van der Waals surface area contributed by atoms with Gasteiger partial charge in [-0.2, -0.15) is 0 Å². The Kier molecular flexibility index (Phi) is 5.71. The molecule has 1 aliphatic rings. The van der Waals surface area contributed by atoms with Crippen LogP contribution in [0, 0.1) is 11.7 Å². The highest BCUT2D eigenvalue weighted by atomic mass is 35.5. The fourth-order valence-electron chi connectivity index (χ4n) is 2.72. The Hall–Kier alpha value is -2.93. The summed E-state index contributed by atoms with van der Waals surface area (Å²) in [5.41, 5.74) is 1.04. The first-order valence-electron chi connectivity index (χ1n) is 8.20. The maximum Gasteiger partial charge on any atom is 0.311 e. The van der Waals surface area contributed by atoms with Gasteiger partial charge in [-0.05, 0) is 48.5 Å². The molecule has 2 aromatic carbocycles. The minimum Gasteiger partial charge on any atom is -0.455 e. The number of anilines is 2. The molecule has 1 saturated heterocycles. The van der Waals surface area contributed by atoms with Gasteiger partial charge in [-0.25, -0.2) is 4.39 Å². The van der Waals surface area contributed by atoms with E-state index in [9.17, 15) is 18.8 Å². The molecule has 0 aliphatic carbocycles. The number of hydrogen-bond acceptors (Lipinski definition) is 4. The second kappa shape index (κ2) is 8.18. The second-order valence-corrected chi connectivity index (χ2v) is 6.48. The first kappa shape index (κ1) is 18.8. The van der Waals surface area contributed by atoms with Gasteiger partial charge in [-0.3, -0.25) is 14.4 Å². The second-order valence-electron chi connectivity index (χ2n) is 6.04. The van der Waals surface area contributed by atoms with Crippen LogP contribution in [0.1, 0.15) is 6.42 Å². The SMILES string of the molecule is O=C(COC(=O)[C@@H]1CC(=O)N(c2ccc(Cl)cc2)C1)Nc1ccc(F)cc1. The van der Waals surface area contributed by atoms with E-state index in [0.717, 1.165) is 0 Å². The molecule has 140 valence electrons. The molecule has 0 saturated carbocycles. The molecule has 0 unspecified atom stereocenters. The summed E-state index contributed by atoms with van der Waals surface area (Å²) in [7, 11) is 0. The average Bonchev–Trinajstić information content (AvgIpc) is 3.04. The number of nitrogens with one attached hydrogen (secondary N) is 1. The lowest BCUT2D eigenvalue weighted by molar-refractivity contribution is -0.151. The molecule has 2 aromatic rings. The van der Waals surface area contributed by atoms with Gasteiger partial charge in [0.05, 0.1) is 5.92 Å².